The van der Waals surface area contributed by atoms with E-state index in [2.05, 4.69) is 20.8 Å². The molecule has 0 bridgehead atoms. The summed E-state index contributed by atoms with van der Waals surface area (Å²) in [5.41, 5.74) is 0. The molecule has 0 atom stereocenters. The maximum absolute atomic E-state index is 11.5. The van der Waals surface area contributed by atoms with Crippen LogP contribution in [0.1, 0.15) is 33.6 Å². The number of ether oxygens (including phenoxy) is 1. The normalized spacial score (nSPS) is 16.4. The number of likely N-dealkylation sites (tertiary alicyclic amines) is 1. The van der Waals surface area contributed by atoms with Crippen molar-refractivity contribution in [3.8, 4) is 0 Å². The third kappa shape index (κ3) is 4.64. The number of nitrogens with zero attached hydrogens (tertiary/aromatic N) is 1. The van der Waals surface area contributed by atoms with Crippen LogP contribution in [-0.4, -0.2) is 41.7 Å². The Bertz CT molecular complexity index is 215. The standard InChI is InChI=1S/C12H23NO2S/c1-4-5-6-15-12(14)13-7-11(8-13)9-16-10(2)3/h10-11H,4-9H2,1-3H3. The zero-order valence-electron chi connectivity index (χ0n) is 10.6. The van der Waals surface area contributed by atoms with Gasteiger partial charge in [-0.1, -0.05) is 27.2 Å². The summed E-state index contributed by atoms with van der Waals surface area (Å²) in [6.45, 7) is 8.84. The highest BCUT2D eigenvalue weighted by molar-refractivity contribution is 7.99. The smallest absolute Gasteiger partial charge is 0.409 e. The van der Waals surface area contributed by atoms with Gasteiger partial charge in [0.2, 0.25) is 0 Å². The molecule has 0 saturated carbocycles. The molecule has 4 heteroatoms. The van der Waals surface area contributed by atoms with Gasteiger partial charge in [-0.15, -0.1) is 0 Å². The molecule has 1 aliphatic heterocycles. The molecule has 0 spiro atoms. The molecular weight excluding hydrogens is 222 g/mol. The third-order valence-corrected chi connectivity index (χ3v) is 3.93. The lowest BCUT2D eigenvalue weighted by Gasteiger charge is -2.38. The fourth-order valence-corrected chi connectivity index (χ4v) is 2.42. The van der Waals surface area contributed by atoms with Gasteiger partial charge in [0.15, 0.2) is 0 Å². The Morgan fingerprint density at radius 2 is 2.19 bits per heavy atom. The summed E-state index contributed by atoms with van der Waals surface area (Å²) in [7, 11) is 0. The van der Waals surface area contributed by atoms with Crippen LogP contribution in [-0.2, 0) is 4.74 Å². The minimum absolute atomic E-state index is 0.126. The van der Waals surface area contributed by atoms with E-state index in [4.69, 9.17) is 4.74 Å². The molecule has 1 rings (SSSR count). The number of unbranched alkanes of at least 4 members (excludes halogenated alkanes) is 1. The summed E-state index contributed by atoms with van der Waals surface area (Å²) in [4.78, 5) is 13.3. The molecule has 1 saturated heterocycles. The van der Waals surface area contributed by atoms with Gasteiger partial charge in [-0.25, -0.2) is 4.79 Å². The van der Waals surface area contributed by atoms with Gasteiger partial charge in [0, 0.05) is 19.0 Å². The van der Waals surface area contributed by atoms with Crippen LogP contribution >= 0.6 is 11.8 Å². The predicted octanol–water partition coefficient (Wildman–Crippen LogP) is 3.00. The summed E-state index contributed by atoms with van der Waals surface area (Å²) >= 11 is 1.97. The molecule has 1 heterocycles. The lowest BCUT2D eigenvalue weighted by molar-refractivity contribution is 0.0592. The van der Waals surface area contributed by atoms with Crippen molar-refractivity contribution in [2.45, 2.75) is 38.9 Å². The van der Waals surface area contributed by atoms with Crippen LogP contribution in [0.3, 0.4) is 0 Å². The Hall–Kier alpha value is -0.380. The summed E-state index contributed by atoms with van der Waals surface area (Å²) < 4.78 is 5.14. The van der Waals surface area contributed by atoms with Crippen LogP contribution in [0.15, 0.2) is 0 Å². The van der Waals surface area contributed by atoms with E-state index in [0.29, 0.717) is 17.8 Å². The van der Waals surface area contributed by atoms with Crippen molar-refractivity contribution >= 4 is 17.9 Å². The van der Waals surface area contributed by atoms with Crippen molar-refractivity contribution in [2.75, 3.05) is 25.4 Å². The summed E-state index contributed by atoms with van der Waals surface area (Å²) in [6, 6.07) is 0. The molecule has 1 fully saturated rings. The van der Waals surface area contributed by atoms with Crippen molar-refractivity contribution in [1.29, 1.82) is 0 Å². The number of hydrogen-bond acceptors (Lipinski definition) is 3. The number of hydrogen-bond donors (Lipinski definition) is 0. The first kappa shape index (κ1) is 13.7. The molecule has 0 aromatic heterocycles. The Morgan fingerprint density at radius 1 is 1.50 bits per heavy atom. The number of rotatable bonds is 6. The second-order valence-corrected chi connectivity index (χ2v) is 6.23. The van der Waals surface area contributed by atoms with E-state index >= 15 is 0 Å². The van der Waals surface area contributed by atoms with E-state index in [-0.39, 0.29) is 6.09 Å². The van der Waals surface area contributed by atoms with Gasteiger partial charge in [0.1, 0.15) is 0 Å². The summed E-state index contributed by atoms with van der Waals surface area (Å²) in [5.74, 6) is 1.84. The van der Waals surface area contributed by atoms with Gasteiger partial charge < -0.3 is 9.64 Å². The summed E-state index contributed by atoms with van der Waals surface area (Å²) in [6.07, 6.45) is 1.91. The number of amides is 1. The van der Waals surface area contributed by atoms with Crippen molar-refractivity contribution in [1.82, 2.24) is 4.90 Å². The average Bonchev–Trinajstić information content (AvgIpc) is 2.15. The van der Waals surface area contributed by atoms with Gasteiger partial charge in [0.05, 0.1) is 6.61 Å². The molecule has 0 unspecified atom stereocenters. The summed E-state index contributed by atoms with van der Waals surface area (Å²) in [5, 5.41) is 0.686. The molecule has 0 aromatic carbocycles. The van der Waals surface area contributed by atoms with E-state index < -0.39 is 0 Å². The lowest BCUT2D eigenvalue weighted by atomic mass is 10.0. The molecule has 0 radical (unpaired) electrons. The first-order valence-electron chi connectivity index (χ1n) is 6.16. The van der Waals surface area contributed by atoms with E-state index in [0.717, 1.165) is 31.7 Å². The van der Waals surface area contributed by atoms with E-state index in [1.165, 1.54) is 0 Å². The minimum Gasteiger partial charge on any atom is -0.449 e. The van der Waals surface area contributed by atoms with Crippen LogP contribution in [0, 0.1) is 5.92 Å². The Labute approximate surface area is 103 Å². The predicted molar refractivity (Wildman–Crippen MR) is 68.9 cm³/mol. The highest BCUT2D eigenvalue weighted by Gasteiger charge is 2.31. The molecule has 16 heavy (non-hydrogen) atoms. The van der Waals surface area contributed by atoms with Gasteiger partial charge >= 0.3 is 6.09 Å². The van der Waals surface area contributed by atoms with Crippen molar-refractivity contribution in [3.63, 3.8) is 0 Å². The Morgan fingerprint density at radius 3 is 2.75 bits per heavy atom. The molecule has 1 amide bonds. The second-order valence-electron chi connectivity index (χ2n) is 4.62. The van der Waals surface area contributed by atoms with Gasteiger partial charge in [-0.3, -0.25) is 0 Å². The van der Waals surface area contributed by atoms with Crippen molar-refractivity contribution in [2.24, 2.45) is 5.92 Å². The van der Waals surface area contributed by atoms with Crippen molar-refractivity contribution in [3.05, 3.63) is 0 Å². The largest absolute Gasteiger partial charge is 0.449 e. The number of thioether (sulfide) groups is 1. The maximum atomic E-state index is 11.5. The number of carbonyl (C=O) groups is 1. The zero-order chi connectivity index (χ0) is 12.0. The highest BCUT2D eigenvalue weighted by atomic mass is 32.2. The highest BCUT2D eigenvalue weighted by Crippen LogP contribution is 2.23. The molecule has 0 aromatic rings. The fourth-order valence-electron chi connectivity index (χ4n) is 1.55. The van der Waals surface area contributed by atoms with Gasteiger partial charge in [0.25, 0.3) is 0 Å². The molecule has 94 valence electrons. The molecule has 3 nitrogen and oxygen atoms in total. The number of carbonyl (C=O) groups excluding carboxylic acids is 1. The third-order valence-electron chi connectivity index (χ3n) is 2.60. The van der Waals surface area contributed by atoms with Crippen LogP contribution in [0.4, 0.5) is 4.79 Å². The quantitative estimate of drug-likeness (QED) is 0.674. The van der Waals surface area contributed by atoms with Gasteiger partial charge in [-0.05, 0) is 17.4 Å². The van der Waals surface area contributed by atoms with E-state index in [9.17, 15) is 4.79 Å². The van der Waals surface area contributed by atoms with Crippen LogP contribution in [0.5, 0.6) is 0 Å². The molecular formula is C12H23NO2S. The first-order chi connectivity index (χ1) is 7.63. The van der Waals surface area contributed by atoms with Crippen LogP contribution < -0.4 is 0 Å². The Kier molecular flexibility index (Phi) is 6.03. The molecule has 0 aliphatic carbocycles. The second kappa shape index (κ2) is 7.05. The monoisotopic (exact) mass is 245 g/mol. The topological polar surface area (TPSA) is 29.5 Å². The average molecular weight is 245 g/mol. The van der Waals surface area contributed by atoms with Crippen LogP contribution in [0.2, 0.25) is 0 Å². The minimum atomic E-state index is -0.126. The SMILES string of the molecule is CCCCOC(=O)N1CC(CSC(C)C)C1. The molecule has 1 aliphatic rings. The maximum Gasteiger partial charge on any atom is 0.409 e. The zero-order valence-corrected chi connectivity index (χ0v) is 11.4. The first-order valence-corrected chi connectivity index (χ1v) is 7.21. The Balaban J connectivity index is 2.03. The van der Waals surface area contributed by atoms with E-state index in [1.54, 1.807) is 4.90 Å². The van der Waals surface area contributed by atoms with Crippen LogP contribution in [0.25, 0.3) is 0 Å². The van der Waals surface area contributed by atoms with Crippen molar-refractivity contribution < 1.29 is 9.53 Å². The fraction of sp³-hybridized carbons (Fsp3) is 0.917. The lowest BCUT2D eigenvalue weighted by Crippen LogP contribution is -2.51. The van der Waals surface area contributed by atoms with Gasteiger partial charge in [-0.2, -0.15) is 11.8 Å². The molecule has 0 N–H and O–H groups in total. The van der Waals surface area contributed by atoms with E-state index in [1.807, 2.05) is 11.8 Å².